The van der Waals surface area contributed by atoms with Gasteiger partial charge in [-0.3, -0.25) is 4.98 Å². The molecule has 2 rings (SSSR count). The number of aromatic nitrogens is 1. The van der Waals surface area contributed by atoms with Crippen LogP contribution in [0.25, 0.3) is 0 Å². The number of ether oxygens (including phenoxy) is 1. The van der Waals surface area contributed by atoms with Crippen LogP contribution in [0.4, 0.5) is 0 Å². The van der Waals surface area contributed by atoms with E-state index in [9.17, 15) is 0 Å². The summed E-state index contributed by atoms with van der Waals surface area (Å²) in [5, 5.41) is 4.22. The van der Waals surface area contributed by atoms with Crippen LogP contribution < -0.4 is 10.1 Å². The molecule has 5 heteroatoms. The molecule has 2 aromatic rings. The number of pyridine rings is 1. The third-order valence-corrected chi connectivity index (χ3v) is 3.31. The molecule has 100 valence electrons. The van der Waals surface area contributed by atoms with Crippen LogP contribution >= 0.6 is 23.2 Å². The minimum Gasteiger partial charge on any atom is -0.491 e. The summed E-state index contributed by atoms with van der Waals surface area (Å²) in [5.74, 6) is 0.609. The van der Waals surface area contributed by atoms with E-state index in [4.69, 9.17) is 27.9 Å². The number of nitrogens with one attached hydrogen (secondary N) is 1. The van der Waals surface area contributed by atoms with Crippen LogP contribution in [0.15, 0.2) is 42.7 Å². The van der Waals surface area contributed by atoms with Gasteiger partial charge in [0.05, 0.1) is 5.02 Å². The van der Waals surface area contributed by atoms with Crippen LogP contribution in [0.2, 0.25) is 10.0 Å². The minimum atomic E-state index is 0.455. The molecule has 0 aliphatic heterocycles. The first-order valence-electron chi connectivity index (χ1n) is 5.94. The lowest BCUT2D eigenvalue weighted by atomic mass is 10.3. The average Bonchev–Trinajstić information content (AvgIpc) is 2.44. The molecule has 1 aromatic heterocycles. The predicted octanol–water partition coefficient (Wildman–Crippen LogP) is 3.56. The van der Waals surface area contributed by atoms with E-state index >= 15 is 0 Å². The number of rotatable bonds is 6. The molecule has 0 atom stereocenters. The first-order valence-corrected chi connectivity index (χ1v) is 6.69. The third kappa shape index (κ3) is 4.39. The van der Waals surface area contributed by atoms with Gasteiger partial charge in [0.2, 0.25) is 0 Å². The first kappa shape index (κ1) is 14.1. The summed E-state index contributed by atoms with van der Waals surface area (Å²) in [6.07, 6.45) is 3.59. The van der Waals surface area contributed by atoms with Crippen molar-refractivity contribution >= 4 is 23.2 Å². The smallest absolute Gasteiger partial charge is 0.139 e. The summed E-state index contributed by atoms with van der Waals surface area (Å²) < 4.78 is 5.56. The Balaban J connectivity index is 1.71. The van der Waals surface area contributed by atoms with Crippen molar-refractivity contribution in [3.8, 4) is 5.75 Å². The summed E-state index contributed by atoms with van der Waals surface area (Å²) in [7, 11) is 0. The van der Waals surface area contributed by atoms with E-state index in [2.05, 4.69) is 10.3 Å². The van der Waals surface area contributed by atoms with Crippen molar-refractivity contribution in [1.29, 1.82) is 0 Å². The quantitative estimate of drug-likeness (QED) is 0.828. The highest BCUT2D eigenvalue weighted by molar-refractivity contribution is 6.42. The Morgan fingerprint density at radius 2 is 2.05 bits per heavy atom. The van der Waals surface area contributed by atoms with Gasteiger partial charge in [-0.05, 0) is 23.8 Å². The van der Waals surface area contributed by atoms with Gasteiger partial charge >= 0.3 is 0 Å². The lowest BCUT2D eigenvalue weighted by Crippen LogP contribution is -2.20. The zero-order chi connectivity index (χ0) is 13.5. The van der Waals surface area contributed by atoms with Crippen molar-refractivity contribution in [1.82, 2.24) is 10.3 Å². The molecule has 0 bridgehead atoms. The summed E-state index contributed by atoms with van der Waals surface area (Å²) >= 11 is 11.9. The highest BCUT2D eigenvalue weighted by Gasteiger charge is 2.04. The van der Waals surface area contributed by atoms with Gasteiger partial charge in [-0.1, -0.05) is 35.3 Å². The molecule has 0 aliphatic rings. The van der Waals surface area contributed by atoms with E-state index in [1.54, 1.807) is 18.3 Å². The van der Waals surface area contributed by atoms with Crippen molar-refractivity contribution in [3.05, 3.63) is 58.3 Å². The van der Waals surface area contributed by atoms with Crippen molar-refractivity contribution in [2.45, 2.75) is 6.54 Å². The molecule has 0 amide bonds. The summed E-state index contributed by atoms with van der Waals surface area (Å²) in [6, 6.07) is 9.29. The van der Waals surface area contributed by atoms with Crippen molar-refractivity contribution in [2.24, 2.45) is 0 Å². The molecule has 0 saturated carbocycles. The van der Waals surface area contributed by atoms with Crippen LogP contribution in [-0.4, -0.2) is 18.1 Å². The van der Waals surface area contributed by atoms with Gasteiger partial charge in [0, 0.05) is 25.5 Å². The highest BCUT2D eigenvalue weighted by Crippen LogP contribution is 2.31. The van der Waals surface area contributed by atoms with Gasteiger partial charge in [0.1, 0.15) is 17.4 Å². The SMILES string of the molecule is Clc1cccc(OCCNCc2cccnc2)c1Cl. The van der Waals surface area contributed by atoms with Crippen molar-refractivity contribution in [3.63, 3.8) is 0 Å². The largest absolute Gasteiger partial charge is 0.491 e. The third-order valence-electron chi connectivity index (χ3n) is 2.50. The van der Waals surface area contributed by atoms with Gasteiger partial charge < -0.3 is 10.1 Å². The van der Waals surface area contributed by atoms with Crippen LogP contribution in [0, 0.1) is 0 Å². The second-order valence-corrected chi connectivity index (χ2v) is 4.72. The minimum absolute atomic E-state index is 0.455. The monoisotopic (exact) mass is 296 g/mol. The van der Waals surface area contributed by atoms with Crippen LogP contribution in [-0.2, 0) is 6.54 Å². The van der Waals surface area contributed by atoms with Gasteiger partial charge in [-0.2, -0.15) is 0 Å². The topological polar surface area (TPSA) is 34.1 Å². The lowest BCUT2D eigenvalue weighted by molar-refractivity contribution is 0.314. The summed E-state index contributed by atoms with van der Waals surface area (Å²) in [4.78, 5) is 4.05. The number of benzene rings is 1. The Kier molecular flexibility index (Phi) is 5.45. The zero-order valence-corrected chi connectivity index (χ0v) is 11.8. The fourth-order valence-corrected chi connectivity index (χ4v) is 1.91. The standard InChI is InChI=1S/C14H14Cl2N2O/c15-12-4-1-5-13(14(12)16)19-8-7-18-10-11-3-2-6-17-9-11/h1-6,9,18H,7-8,10H2. The molecular formula is C14H14Cl2N2O. The lowest BCUT2D eigenvalue weighted by Gasteiger charge is -2.09. The second kappa shape index (κ2) is 7.34. The van der Waals surface area contributed by atoms with Gasteiger partial charge in [0.15, 0.2) is 0 Å². The Hall–Kier alpha value is -1.29. The van der Waals surface area contributed by atoms with E-state index in [-0.39, 0.29) is 0 Å². The van der Waals surface area contributed by atoms with Gasteiger partial charge in [-0.15, -0.1) is 0 Å². The highest BCUT2D eigenvalue weighted by atomic mass is 35.5. The fraction of sp³-hybridized carbons (Fsp3) is 0.214. The van der Waals surface area contributed by atoms with E-state index < -0.39 is 0 Å². The van der Waals surface area contributed by atoms with Crippen molar-refractivity contribution in [2.75, 3.05) is 13.2 Å². The zero-order valence-electron chi connectivity index (χ0n) is 10.3. The van der Waals surface area contributed by atoms with E-state index in [1.165, 1.54) is 0 Å². The Labute approximate surface area is 122 Å². The van der Waals surface area contributed by atoms with E-state index in [0.29, 0.717) is 22.4 Å². The second-order valence-electron chi connectivity index (χ2n) is 3.94. The summed E-state index contributed by atoms with van der Waals surface area (Å²) in [5.41, 5.74) is 1.14. The number of halogens is 2. The van der Waals surface area contributed by atoms with Crippen LogP contribution in [0.1, 0.15) is 5.56 Å². The summed E-state index contributed by atoms with van der Waals surface area (Å²) in [6.45, 7) is 2.01. The number of hydrogen-bond donors (Lipinski definition) is 1. The molecule has 0 saturated heterocycles. The normalized spacial score (nSPS) is 10.4. The molecule has 19 heavy (non-hydrogen) atoms. The molecule has 1 N–H and O–H groups in total. The molecular weight excluding hydrogens is 283 g/mol. The van der Waals surface area contributed by atoms with Crippen molar-refractivity contribution < 1.29 is 4.74 Å². The van der Waals surface area contributed by atoms with E-state index in [1.807, 2.05) is 24.4 Å². The number of nitrogens with zero attached hydrogens (tertiary/aromatic N) is 1. The Morgan fingerprint density at radius 1 is 1.16 bits per heavy atom. The molecule has 0 aliphatic carbocycles. The Bertz CT molecular complexity index is 520. The molecule has 0 radical (unpaired) electrons. The molecule has 0 spiro atoms. The maximum absolute atomic E-state index is 6.02. The Morgan fingerprint density at radius 3 is 2.84 bits per heavy atom. The first-order chi connectivity index (χ1) is 9.27. The van der Waals surface area contributed by atoms with Crippen LogP contribution in [0.3, 0.4) is 0 Å². The van der Waals surface area contributed by atoms with E-state index in [0.717, 1.165) is 18.7 Å². The fourth-order valence-electron chi connectivity index (χ4n) is 1.56. The maximum atomic E-state index is 6.02. The molecule has 0 unspecified atom stereocenters. The molecule has 0 fully saturated rings. The molecule has 3 nitrogen and oxygen atoms in total. The van der Waals surface area contributed by atoms with Crippen LogP contribution in [0.5, 0.6) is 5.75 Å². The number of hydrogen-bond acceptors (Lipinski definition) is 3. The maximum Gasteiger partial charge on any atom is 0.139 e. The van der Waals surface area contributed by atoms with Gasteiger partial charge in [0.25, 0.3) is 0 Å². The van der Waals surface area contributed by atoms with Gasteiger partial charge in [-0.25, -0.2) is 0 Å². The predicted molar refractivity (Wildman–Crippen MR) is 77.9 cm³/mol. The molecule has 1 heterocycles. The molecule has 1 aromatic carbocycles. The average molecular weight is 297 g/mol.